The molecule has 0 saturated heterocycles. The number of hydrogen-bond acceptors (Lipinski definition) is 2. The molecule has 2 N–H and O–H groups in total. The maximum atomic E-state index is 4.18. The highest BCUT2D eigenvalue weighted by molar-refractivity contribution is 14.0. The molecule has 0 fully saturated rings. The minimum Gasteiger partial charge on any atom is -0.356 e. The van der Waals surface area contributed by atoms with Gasteiger partial charge in [-0.3, -0.25) is 4.99 Å². The number of nitrogens with one attached hydrogen (secondary N) is 2. The van der Waals surface area contributed by atoms with Crippen molar-refractivity contribution in [3.8, 4) is 0 Å². The zero-order chi connectivity index (χ0) is 11.8. The lowest BCUT2D eigenvalue weighted by Crippen LogP contribution is -2.37. The number of guanidine groups is 1. The molecule has 1 rings (SSSR count). The van der Waals surface area contributed by atoms with E-state index >= 15 is 0 Å². The topological polar surface area (TPSA) is 36.4 Å². The summed E-state index contributed by atoms with van der Waals surface area (Å²) in [6.07, 6.45) is 1.17. The number of nitrogens with zero attached hydrogens (tertiary/aromatic N) is 1. The van der Waals surface area contributed by atoms with Gasteiger partial charge in [0.05, 0.1) is 6.54 Å². The van der Waals surface area contributed by atoms with Gasteiger partial charge < -0.3 is 10.6 Å². The smallest absolute Gasteiger partial charge is 0.191 e. The summed E-state index contributed by atoms with van der Waals surface area (Å²) in [4.78, 5) is 5.51. The van der Waals surface area contributed by atoms with E-state index in [1.165, 1.54) is 11.3 Å². The molecule has 0 bridgehead atoms. The lowest BCUT2D eigenvalue weighted by atomic mass is 10.1. The van der Waals surface area contributed by atoms with Crippen molar-refractivity contribution < 1.29 is 0 Å². The summed E-state index contributed by atoms with van der Waals surface area (Å²) in [7, 11) is 1.80. The van der Waals surface area contributed by atoms with E-state index in [1.807, 2.05) is 0 Å². The molecule has 0 aliphatic carbocycles. The van der Waals surface area contributed by atoms with Crippen molar-refractivity contribution in [2.75, 3.05) is 13.6 Å². The van der Waals surface area contributed by atoms with Crippen LogP contribution in [0.4, 0.5) is 0 Å². The molecule has 0 aromatic carbocycles. The molecule has 17 heavy (non-hydrogen) atoms. The summed E-state index contributed by atoms with van der Waals surface area (Å²) in [6, 6.07) is 4.19. The van der Waals surface area contributed by atoms with Gasteiger partial charge in [-0.25, -0.2) is 0 Å². The number of hydrogen-bond donors (Lipinski definition) is 2. The molecule has 1 aromatic heterocycles. The third kappa shape index (κ3) is 7.59. The predicted molar refractivity (Wildman–Crippen MR) is 87.4 cm³/mol. The van der Waals surface area contributed by atoms with E-state index in [2.05, 4.69) is 47.0 Å². The molecule has 0 unspecified atom stereocenters. The summed E-state index contributed by atoms with van der Waals surface area (Å²) >= 11 is 1.76. The van der Waals surface area contributed by atoms with Crippen LogP contribution in [0, 0.1) is 5.92 Å². The van der Waals surface area contributed by atoms with Crippen LogP contribution in [0.1, 0.15) is 25.1 Å². The van der Waals surface area contributed by atoms with Crippen LogP contribution in [-0.4, -0.2) is 19.6 Å². The highest BCUT2D eigenvalue weighted by Gasteiger charge is 1.99. The Morgan fingerprint density at radius 3 is 2.71 bits per heavy atom. The van der Waals surface area contributed by atoms with E-state index in [0.717, 1.165) is 25.0 Å². The van der Waals surface area contributed by atoms with Gasteiger partial charge in [0.2, 0.25) is 0 Å². The highest BCUT2D eigenvalue weighted by atomic mass is 127. The number of thiophene rings is 1. The van der Waals surface area contributed by atoms with E-state index in [1.54, 1.807) is 18.4 Å². The second-order valence-electron chi connectivity index (χ2n) is 4.11. The van der Waals surface area contributed by atoms with Crippen LogP contribution in [-0.2, 0) is 6.54 Å². The third-order valence-corrected chi connectivity index (χ3v) is 3.12. The molecule has 5 heteroatoms. The highest BCUT2D eigenvalue weighted by Crippen LogP contribution is 2.07. The Bertz CT molecular complexity index is 310. The largest absolute Gasteiger partial charge is 0.356 e. The lowest BCUT2D eigenvalue weighted by Gasteiger charge is -2.12. The van der Waals surface area contributed by atoms with Crippen molar-refractivity contribution in [1.29, 1.82) is 0 Å². The molecule has 3 nitrogen and oxygen atoms in total. The van der Waals surface area contributed by atoms with Crippen LogP contribution in [0.5, 0.6) is 0 Å². The fourth-order valence-electron chi connectivity index (χ4n) is 1.28. The van der Waals surface area contributed by atoms with Crippen molar-refractivity contribution in [2.24, 2.45) is 10.9 Å². The van der Waals surface area contributed by atoms with E-state index in [4.69, 9.17) is 0 Å². The van der Waals surface area contributed by atoms with Crippen LogP contribution >= 0.6 is 35.3 Å². The number of halogens is 1. The molecule has 0 radical (unpaired) electrons. The van der Waals surface area contributed by atoms with E-state index in [0.29, 0.717) is 0 Å². The fraction of sp³-hybridized carbons (Fsp3) is 0.583. The third-order valence-electron chi connectivity index (χ3n) is 2.25. The summed E-state index contributed by atoms with van der Waals surface area (Å²) in [6.45, 7) is 6.27. The quantitative estimate of drug-likeness (QED) is 0.477. The van der Waals surface area contributed by atoms with E-state index in [9.17, 15) is 0 Å². The number of rotatable bonds is 5. The summed E-state index contributed by atoms with van der Waals surface area (Å²) in [5.41, 5.74) is 0. The molecule has 0 aliphatic heterocycles. The fourth-order valence-corrected chi connectivity index (χ4v) is 1.93. The SMILES string of the molecule is CN=C(NCCC(C)C)NCc1cccs1.I. The minimum atomic E-state index is 0. The average molecular weight is 367 g/mol. The first-order chi connectivity index (χ1) is 7.72. The van der Waals surface area contributed by atoms with Gasteiger partial charge in [-0.05, 0) is 23.8 Å². The minimum absolute atomic E-state index is 0. The monoisotopic (exact) mass is 367 g/mol. The summed E-state index contributed by atoms with van der Waals surface area (Å²) in [5.74, 6) is 1.61. The van der Waals surface area contributed by atoms with Crippen LogP contribution < -0.4 is 10.6 Å². The zero-order valence-corrected chi connectivity index (χ0v) is 13.8. The normalized spacial score (nSPS) is 11.2. The van der Waals surface area contributed by atoms with Gasteiger partial charge in [0.15, 0.2) is 5.96 Å². The molecule has 0 aliphatic rings. The van der Waals surface area contributed by atoms with Crippen molar-refractivity contribution >= 4 is 41.3 Å². The first kappa shape index (κ1) is 16.7. The first-order valence-corrected chi connectivity index (χ1v) is 6.57. The van der Waals surface area contributed by atoms with Crippen LogP contribution in [0.15, 0.2) is 22.5 Å². The van der Waals surface area contributed by atoms with Gasteiger partial charge >= 0.3 is 0 Å². The molecule has 0 amide bonds. The van der Waals surface area contributed by atoms with Crippen molar-refractivity contribution in [3.05, 3.63) is 22.4 Å². The summed E-state index contributed by atoms with van der Waals surface area (Å²) < 4.78 is 0. The van der Waals surface area contributed by atoms with Crippen molar-refractivity contribution in [3.63, 3.8) is 0 Å². The van der Waals surface area contributed by atoms with Crippen LogP contribution in [0.3, 0.4) is 0 Å². The lowest BCUT2D eigenvalue weighted by molar-refractivity contribution is 0.574. The molecule has 0 spiro atoms. The Balaban J connectivity index is 0.00000256. The molecule has 98 valence electrons. The molecule has 1 aromatic rings. The molecule has 0 atom stereocenters. The molecular weight excluding hydrogens is 345 g/mol. The van der Waals surface area contributed by atoms with Gasteiger partial charge in [-0.1, -0.05) is 19.9 Å². The van der Waals surface area contributed by atoms with Crippen molar-refractivity contribution in [2.45, 2.75) is 26.8 Å². The molecule has 0 saturated carbocycles. The predicted octanol–water partition coefficient (Wildman–Crippen LogP) is 3.08. The van der Waals surface area contributed by atoms with Gasteiger partial charge in [-0.2, -0.15) is 0 Å². The Hall–Kier alpha value is -0.300. The van der Waals surface area contributed by atoms with Crippen LogP contribution in [0.25, 0.3) is 0 Å². The van der Waals surface area contributed by atoms with Gasteiger partial charge in [0.1, 0.15) is 0 Å². The van der Waals surface area contributed by atoms with Gasteiger partial charge in [0.25, 0.3) is 0 Å². The van der Waals surface area contributed by atoms with Crippen molar-refractivity contribution in [1.82, 2.24) is 10.6 Å². The molecular formula is C12H22IN3S. The van der Waals surface area contributed by atoms with Gasteiger partial charge in [0, 0.05) is 18.5 Å². The maximum absolute atomic E-state index is 4.18. The number of aliphatic imine (C=N–C) groups is 1. The second-order valence-corrected chi connectivity index (χ2v) is 5.15. The van der Waals surface area contributed by atoms with E-state index < -0.39 is 0 Å². The Morgan fingerprint density at radius 2 is 2.18 bits per heavy atom. The standard InChI is InChI=1S/C12H21N3S.HI/c1-10(2)6-7-14-12(13-3)15-9-11-5-4-8-16-11;/h4-5,8,10H,6-7,9H2,1-3H3,(H2,13,14,15);1H. The molecule has 1 heterocycles. The van der Waals surface area contributed by atoms with Gasteiger partial charge in [-0.15, -0.1) is 35.3 Å². The van der Waals surface area contributed by atoms with E-state index in [-0.39, 0.29) is 24.0 Å². The Kier molecular flexibility index (Phi) is 9.53. The second kappa shape index (κ2) is 9.70. The first-order valence-electron chi connectivity index (χ1n) is 5.69. The Morgan fingerprint density at radius 1 is 1.41 bits per heavy atom. The zero-order valence-electron chi connectivity index (χ0n) is 10.7. The Labute approximate surface area is 125 Å². The van der Waals surface area contributed by atoms with Crippen LogP contribution in [0.2, 0.25) is 0 Å². The average Bonchev–Trinajstić information content (AvgIpc) is 2.75. The summed E-state index contributed by atoms with van der Waals surface area (Å²) in [5, 5.41) is 8.69. The maximum Gasteiger partial charge on any atom is 0.191 e.